The summed E-state index contributed by atoms with van der Waals surface area (Å²) < 4.78 is 4.35. The van der Waals surface area contributed by atoms with E-state index in [-0.39, 0.29) is 5.75 Å². The second-order valence-electron chi connectivity index (χ2n) is 2.88. The van der Waals surface area contributed by atoms with Crippen molar-refractivity contribution in [3.8, 4) is 5.75 Å². The number of aromatic amines is 1. The summed E-state index contributed by atoms with van der Waals surface area (Å²) in [4.78, 5) is 13.1. The van der Waals surface area contributed by atoms with Gasteiger partial charge < -0.3 is 5.11 Å². The molecule has 14 heavy (non-hydrogen) atoms. The molecule has 0 spiro atoms. The molecule has 1 aromatic heterocycles. The second-order valence-corrected chi connectivity index (χ2v) is 2.88. The highest BCUT2D eigenvalue weighted by Crippen LogP contribution is 2.11. The van der Waals surface area contributed by atoms with Gasteiger partial charge in [0.05, 0.1) is 0 Å². The summed E-state index contributed by atoms with van der Waals surface area (Å²) in [7, 11) is 0. The van der Waals surface area contributed by atoms with Crippen LogP contribution in [0, 0.1) is 0 Å². The van der Waals surface area contributed by atoms with Gasteiger partial charge >= 0.3 is 5.76 Å². The maximum atomic E-state index is 10.6. The van der Waals surface area contributed by atoms with E-state index in [1.165, 1.54) is 0 Å². The van der Waals surface area contributed by atoms with Crippen LogP contribution in [0.2, 0.25) is 0 Å². The molecule has 0 unspecified atom stereocenters. The maximum absolute atomic E-state index is 10.6. The minimum Gasteiger partial charge on any atom is -0.508 e. The van der Waals surface area contributed by atoms with Gasteiger partial charge in [-0.15, -0.1) is 0 Å². The lowest BCUT2D eigenvalue weighted by Crippen LogP contribution is -1.97. The predicted molar refractivity (Wildman–Crippen MR) is 48.0 cm³/mol. The second kappa shape index (κ2) is 3.37. The lowest BCUT2D eigenvalue weighted by atomic mass is 10.1. The molecule has 0 saturated carbocycles. The van der Waals surface area contributed by atoms with E-state index in [0.717, 1.165) is 5.56 Å². The molecule has 0 bridgehead atoms. The molecule has 5 nitrogen and oxygen atoms in total. The minimum absolute atomic E-state index is 0.211. The molecule has 2 N–H and O–H groups in total. The lowest BCUT2D eigenvalue weighted by molar-refractivity contribution is 0.382. The van der Waals surface area contributed by atoms with E-state index in [2.05, 4.69) is 14.7 Å². The van der Waals surface area contributed by atoms with Crippen LogP contribution in [0.5, 0.6) is 5.75 Å². The van der Waals surface area contributed by atoms with Crippen molar-refractivity contribution in [3.05, 3.63) is 46.2 Å². The van der Waals surface area contributed by atoms with Gasteiger partial charge in [0.1, 0.15) is 5.75 Å². The monoisotopic (exact) mass is 192 g/mol. The van der Waals surface area contributed by atoms with Crippen molar-refractivity contribution < 1.29 is 9.63 Å². The zero-order chi connectivity index (χ0) is 9.97. The number of hydrogen-bond donors (Lipinski definition) is 2. The largest absolute Gasteiger partial charge is 0.508 e. The number of aromatic nitrogens is 2. The van der Waals surface area contributed by atoms with E-state index in [1.807, 2.05) is 0 Å². The van der Waals surface area contributed by atoms with Crippen molar-refractivity contribution in [1.29, 1.82) is 0 Å². The van der Waals surface area contributed by atoms with Crippen LogP contribution in [-0.2, 0) is 6.42 Å². The Morgan fingerprint density at radius 2 is 2.07 bits per heavy atom. The lowest BCUT2D eigenvalue weighted by Gasteiger charge is -1.96. The molecule has 2 rings (SSSR count). The van der Waals surface area contributed by atoms with E-state index < -0.39 is 5.76 Å². The number of phenolic OH excluding ortho intramolecular Hbond substituents is 1. The highest BCUT2D eigenvalue weighted by molar-refractivity contribution is 5.27. The minimum atomic E-state index is -0.557. The van der Waals surface area contributed by atoms with Crippen LogP contribution < -0.4 is 5.76 Å². The molecule has 0 saturated heterocycles. The number of H-pyrrole nitrogens is 1. The standard InChI is InChI=1S/C9H8N2O3/c12-7-3-1-6(2-4-7)5-8-10-9(13)14-11-8/h1-4,12H,5H2,(H,10,11,13). The molecular weight excluding hydrogens is 184 g/mol. The van der Waals surface area contributed by atoms with Gasteiger partial charge in [-0.1, -0.05) is 17.3 Å². The average Bonchev–Trinajstić information content (AvgIpc) is 2.56. The average molecular weight is 192 g/mol. The van der Waals surface area contributed by atoms with Crippen LogP contribution in [-0.4, -0.2) is 15.2 Å². The molecule has 0 aliphatic rings. The van der Waals surface area contributed by atoms with Gasteiger partial charge in [-0.2, -0.15) is 0 Å². The van der Waals surface area contributed by atoms with Crippen molar-refractivity contribution in [2.24, 2.45) is 0 Å². The Labute approximate surface area is 79.0 Å². The first-order valence-corrected chi connectivity index (χ1v) is 4.07. The Balaban J connectivity index is 2.19. The number of phenols is 1. The van der Waals surface area contributed by atoms with Crippen LogP contribution in [0.25, 0.3) is 0 Å². The highest BCUT2D eigenvalue weighted by Gasteiger charge is 2.01. The van der Waals surface area contributed by atoms with Crippen LogP contribution in [0.3, 0.4) is 0 Å². The zero-order valence-corrected chi connectivity index (χ0v) is 7.23. The summed E-state index contributed by atoms with van der Waals surface area (Å²) in [5, 5.41) is 12.6. The fourth-order valence-corrected chi connectivity index (χ4v) is 1.14. The summed E-state index contributed by atoms with van der Waals surface area (Å²) in [5.41, 5.74) is 0.937. The molecule has 0 amide bonds. The van der Waals surface area contributed by atoms with E-state index in [4.69, 9.17) is 5.11 Å². The van der Waals surface area contributed by atoms with Crippen molar-refractivity contribution in [3.63, 3.8) is 0 Å². The van der Waals surface area contributed by atoms with Crippen molar-refractivity contribution in [2.45, 2.75) is 6.42 Å². The summed E-state index contributed by atoms with van der Waals surface area (Å²) in [5.74, 6) is 0.127. The normalized spacial score (nSPS) is 10.3. The number of nitrogens with zero attached hydrogens (tertiary/aromatic N) is 1. The molecule has 1 aromatic carbocycles. The molecule has 0 aliphatic heterocycles. The smallest absolute Gasteiger partial charge is 0.438 e. The van der Waals surface area contributed by atoms with Gasteiger partial charge in [0.2, 0.25) is 0 Å². The number of rotatable bonds is 2. The predicted octanol–water partition coefficient (Wildman–Crippen LogP) is 0.659. The third-order valence-electron chi connectivity index (χ3n) is 1.79. The number of hydrogen-bond acceptors (Lipinski definition) is 4. The topological polar surface area (TPSA) is 79.1 Å². The first-order valence-electron chi connectivity index (χ1n) is 4.07. The number of aromatic hydroxyl groups is 1. The van der Waals surface area contributed by atoms with Crippen LogP contribution >= 0.6 is 0 Å². The fourth-order valence-electron chi connectivity index (χ4n) is 1.14. The fraction of sp³-hybridized carbons (Fsp3) is 0.111. The van der Waals surface area contributed by atoms with Gasteiger partial charge in [0, 0.05) is 6.42 Å². The number of benzene rings is 1. The van der Waals surface area contributed by atoms with E-state index in [1.54, 1.807) is 24.3 Å². The Morgan fingerprint density at radius 1 is 1.36 bits per heavy atom. The molecule has 5 heteroatoms. The third kappa shape index (κ3) is 1.82. The zero-order valence-electron chi connectivity index (χ0n) is 7.23. The van der Waals surface area contributed by atoms with Crippen molar-refractivity contribution in [1.82, 2.24) is 10.1 Å². The quantitative estimate of drug-likeness (QED) is 0.732. The first-order chi connectivity index (χ1) is 6.74. The van der Waals surface area contributed by atoms with Gasteiger partial charge in [-0.25, -0.2) is 4.79 Å². The molecule has 0 aliphatic carbocycles. The molecule has 0 radical (unpaired) electrons. The van der Waals surface area contributed by atoms with Crippen LogP contribution in [0.1, 0.15) is 11.4 Å². The van der Waals surface area contributed by atoms with E-state index in [9.17, 15) is 4.79 Å². The van der Waals surface area contributed by atoms with Gasteiger partial charge in [0.15, 0.2) is 5.82 Å². The third-order valence-corrected chi connectivity index (χ3v) is 1.79. The maximum Gasteiger partial charge on any atom is 0.438 e. The van der Waals surface area contributed by atoms with E-state index in [0.29, 0.717) is 12.2 Å². The Bertz CT molecular complexity index is 469. The molecule has 0 atom stereocenters. The van der Waals surface area contributed by atoms with Crippen LogP contribution in [0.4, 0.5) is 0 Å². The molecule has 1 heterocycles. The Morgan fingerprint density at radius 3 is 2.64 bits per heavy atom. The molecule has 2 aromatic rings. The van der Waals surface area contributed by atoms with Gasteiger partial charge in [-0.05, 0) is 17.7 Å². The summed E-state index contributed by atoms with van der Waals surface area (Å²) in [6.45, 7) is 0. The van der Waals surface area contributed by atoms with E-state index >= 15 is 0 Å². The van der Waals surface area contributed by atoms with Gasteiger partial charge in [-0.3, -0.25) is 9.51 Å². The summed E-state index contributed by atoms with van der Waals surface area (Å²) in [6.07, 6.45) is 0.478. The first kappa shape index (κ1) is 8.55. The summed E-state index contributed by atoms with van der Waals surface area (Å²) >= 11 is 0. The van der Waals surface area contributed by atoms with Crippen LogP contribution in [0.15, 0.2) is 33.6 Å². The highest BCUT2D eigenvalue weighted by atomic mass is 16.5. The Hall–Kier alpha value is -2.04. The van der Waals surface area contributed by atoms with Crippen molar-refractivity contribution >= 4 is 0 Å². The van der Waals surface area contributed by atoms with Crippen molar-refractivity contribution in [2.75, 3.05) is 0 Å². The molecular formula is C9H8N2O3. The summed E-state index contributed by atoms with van der Waals surface area (Å²) in [6, 6.07) is 6.66. The SMILES string of the molecule is O=c1[nH]c(Cc2ccc(O)cc2)no1. The Kier molecular flexibility index (Phi) is 2.06. The van der Waals surface area contributed by atoms with Gasteiger partial charge in [0.25, 0.3) is 0 Å². The number of nitrogens with one attached hydrogen (secondary N) is 1. The molecule has 0 fully saturated rings. The molecule has 72 valence electrons.